The number of carbonyl (C=O) groups excluding carboxylic acids is 2. The minimum absolute atomic E-state index is 0.252. The van der Waals surface area contributed by atoms with E-state index in [1.807, 2.05) is 49.5 Å². The number of nitrogens with zero attached hydrogens (tertiary/aromatic N) is 2. The molecule has 7 nitrogen and oxygen atoms in total. The minimum Gasteiger partial charge on any atom is -0.497 e. The molecule has 2 aromatic carbocycles. The zero-order valence-electron chi connectivity index (χ0n) is 18.4. The first-order valence-electron chi connectivity index (χ1n) is 10.2. The molecule has 1 heterocycles. The molecule has 164 valence electrons. The summed E-state index contributed by atoms with van der Waals surface area (Å²) in [7, 11) is 5.23. The van der Waals surface area contributed by atoms with Crippen molar-refractivity contribution in [3.05, 3.63) is 77.0 Å². The molecule has 7 heteroatoms. The van der Waals surface area contributed by atoms with Gasteiger partial charge in [0.15, 0.2) is 0 Å². The van der Waals surface area contributed by atoms with Gasteiger partial charge in [0.25, 0.3) is 0 Å². The van der Waals surface area contributed by atoms with Crippen molar-refractivity contribution in [3.63, 3.8) is 0 Å². The van der Waals surface area contributed by atoms with Crippen LogP contribution in [0, 0.1) is 0 Å². The van der Waals surface area contributed by atoms with Crippen LogP contribution < -0.4 is 10.1 Å². The Labute approximate surface area is 183 Å². The molecule has 31 heavy (non-hydrogen) atoms. The number of hydrogen-bond acceptors (Lipinski definition) is 5. The average Bonchev–Trinajstić information content (AvgIpc) is 2.77. The fourth-order valence-electron chi connectivity index (χ4n) is 3.65. The van der Waals surface area contributed by atoms with Crippen molar-refractivity contribution >= 4 is 12.0 Å². The predicted octanol–water partition coefficient (Wildman–Crippen LogP) is 3.34. The highest BCUT2D eigenvalue weighted by molar-refractivity contribution is 5.95. The van der Waals surface area contributed by atoms with Crippen LogP contribution in [0.4, 0.5) is 4.79 Å². The number of carbonyl (C=O) groups is 2. The molecule has 1 aliphatic rings. The maximum Gasteiger partial charge on any atom is 0.338 e. The molecule has 0 radical (unpaired) electrons. The van der Waals surface area contributed by atoms with E-state index in [0.29, 0.717) is 30.1 Å². The van der Waals surface area contributed by atoms with Crippen molar-refractivity contribution in [3.8, 4) is 5.75 Å². The van der Waals surface area contributed by atoms with Gasteiger partial charge in [0.1, 0.15) is 5.75 Å². The van der Waals surface area contributed by atoms with Crippen LogP contribution in [-0.2, 0) is 16.1 Å². The second-order valence-electron chi connectivity index (χ2n) is 7.45. The Kier molecular flexibility index (Phi) is 7.31. The predicted molar refractivity (Wildman–Crippen MR) is 118 cm³/mol. The average molecular weight is 424 g/mol. The molecule has 1 aliphatic heterocycles. The lowest BCUT2D eigenvalue weighted by Gasteiger charge is -2.36. The molecule has 0 spiro atoms. The van der Waals surface area contributed by atoms with E-state index in [4.69, 9.17) is 9.47 Å². The number of rotatable bonds is 8. The molecular weight excluding hydrogens is 394 g/mol. The van der Waals surface area contributed by atoms with Crippen LogP contribution in [-0.4, -0.2) is 56.2 Å². The maximum absolute atomic E-state index is 13.0. The van der Waals surface area contributed by atoms with E-state index >= 15 is 0 Å². The fourth-order valence-corrected chi connectivity index (χ4v) is 3.65. The standard InChI is InChI=1S/C24H29N3O4/c1-5-31-23(28)21-20(16-26(2)15-17-9-7-6-8-10-17)27(3)24(29)25-22(21)18-11-13-19(30-4)14-12-18/h6-14,22H,5,15-16H2,1-4H3,(H,25,29). The Morgan fingerprint density at radius 2 is 1.77 bits per heavy atom. The van der Waals surface area contributed by atoms with Crippen LogP contribution in [0.3, 0.4) is 0 Å². The Morgan fingerprint density at radius 1 is 1.10 bits per heavy atom. The summed E-state index contributed by atoms with van der Waals surface area (Å²) in [6.07, 6.45) is 0. The largest absolute Gasteiger partial charge is 0.497 e. The van der Waals surface area contributed by atoms with Gasteiger partial charge in [0.05, 0.1) is 25.3 Å². The van der Waals surface area contributed by atoms with E-state index in [2.05, 4.69) is 22.3 Å². The van der Waals surface area contributed by atoms with Gasteiger partial charge in [-0.1, -0.05) is 42.5 Å². The highest BCUT2D eigenvalue weighted by Gasteiger charge is 2.37. The summed E-state index contributed by atoms with van der Waals surface area (Å²) >= 11 is 0. The van der Waals surface area contributed by atoms with Crippen molar-refractivity contribution in [2.45, 2.75) is 19.5 Å². The third kappa shape index (κ3) is 5.24. The first-order valence-corrected chi connectivity index (χ1v) is 10.2. The molecule has 0 bridgehead atoms. The second-order valence-corrected chi connectivity index (χ2v) is 7.45. The van der Waals surface area contributed by atoms with E-state index in [1.54, 1.807) is 21.1 Å². The van der Waals surface area contributed by atoms with Crippen LogP contribution in [0.15, 0.2) is 65.9 Å². The van der Waals surface area contributed by atoms with Gasteiger partial charge in [-0.3, -0.25) is 9.80 Å². The summed E-state index contributed by atoms with van der Waals surface area (Å²) in [6, 6.07) is 16.5. The fraction of sp³-hybridized carbons (Fsp3) is 0.333. The molecule has 0 saturated heterocycles. The number of likely N-dealkylation sites (N-methyl/N-ethyl adjacent to an activating group) is 2. The zero-order valence-corrected chi connectivity index (χ0v) is 18.4. The van der Waals surface area contributed by atoms with Crippen LogP contribution in [0.5, 0.6) is 5.75 Å². The van der Waals surface area contributed by atoms with Crippen molar-refractivity contribution in [1.29, 1.82) is 0 Å². The number of hydrogen-bond donors (Lipinski definition) is 1. The molecule has 3 rings (SSSR count). The molecule has 1 atom stereocenters. The first-order chi connectivity index (χ1) is 14.9. The first kappa shape index (κ1) is 22.4. The van der Waals surface area contributed by atoms with Crippen LogP contribution >= 0.6 is 0 Å². The van der Waals surface area contributed by atoms with E-state index in [-0.39, 0.29) is 12.6 Å². The Balaban J connectivity index is 1.98. The number of methoxy groups -OCH3 is 1. The summed E-state index contributed by atoms with van der Waals surface area (Å²) in [6.45, 7) is 3.12. The van der Waals surface area contributed by atoms with Crippen LogP contribution in [0.1, 0.15) is 24.1 Å². The number of ether oxygens (including phenoxy) is 2. The third-order valence-corrected chi connectivity index (χ3v) is 5.24. The van der Waals surface area contributed by atoms with E-state index in [9.17, 15) is 9.59 Å². The quantitative estimate of drug-likeness (QED) is 0.660. The van der Waals surface area contributed by atoms with Gasteiger partial charge in [0.2, 0.25) is 0 Å². The van der Waals surface area contributed by atoms with E-state index in [0.717, 1.165) is 11.1 Å². The second kappa shape index (κ2) is 10.1. The molecular formula is C24H29N3O4. The normalized spacial score (nSPS) is 16.4. The minimum atomic E-state index is -0.603. The third-order valence-electron chi connectivity index (χ3n) is 5.24. The summed E-state index contributed by atoms with van der Waals surface area (Å²) in [4.78, 5) is 29.3. The van der Waals surface area contributed by atoms with Crippen molar-refractivity contribution < 1.29 is 19.1 Å². The van der Waals surface area contributed by atoms with Crippen molar-refractivity contribution in [1.82, 2.24) is 15.1 Å². The lowest BCUT2D eigenvalue weighted by molar-refractivity contribution is -0.139. The molecule has 0 aromatic heterocycles. The molecule has 0 saturated carbocycles. The van der Waals surface area contributed by atoms with Gasteiger partial charge in [-0.05, 0) is 37.2 Å². The number of esters is 1. The van der Waals surface area contributed by atoms with Gasteiger partial charge in [-0.15, -0.1) is 0 Å². The molecule has 0 fully saturated rings. The Hall–Kier alpha value is -3.32. The monoisotopic (exact) mass is 423 g/mol. The van der Waals surface area contributed by atoms with Crippen molar-refractivity contribution in [2.24, 2.45) is 0 Å². The Morgan fingerprint density at radius 3 is 2.39 bits per heavy atom. The lowest BCUT2D eigenvalue weighted by atomic mass is 9.94. The van der Waals surface area contributed by atoms with Crippen molar-refractivity contribution in [2.75, 3.05) is 34.4 Å². The summed E-state index contributed by atoms with van der Waals surface area (Å²) in [5.41, 5.74) is 3.00. The smallest absolute Gasteiger partial charge is 0.338 e. The zero-order chi connectivity index (χ0) is 22.4. The van der Waals surface area contributed by atoms with Gasteiger partial charge in [-0.25, -0.2) is 9.59 Å². The Bertz CT molecular complexity index is 941. The molecule has 1 unspecified atom stereocenters. The lowest BCUT2D eigenvalue weighted by Crippen LogP contribution is -2.49. The highest BCUT2D eigenvalue weighted by atomic mass is 16.5. The summed E-state index contributed by atoms with van der Waals surface area (Å²) in [5, 5.41) is 2.93. The summed E-state index contributed by atoms with van der Waals surface area (Å²) < 4.78 is 10.6. The molecule has 2 amide bonds. The highest BCUT2D eigenvalue weighted by Crippen LogP contribution is 2.32. The summed E-state index contributed by atoms with van der Waals surface area (Å²) in [5.74, 6) is 0.269. The number of benzene rings is 2. The van der Waals surface area contributed by atoms with Gasteiger partial charge in [-0.2, -0.15) is 0 Å². The number of urea groups is 1. The van der Waals surface area contributed by atoms with Crippen LogP contribution in [0.25, 0.3) is 0 Å². The van der Waals surface area contributed by atoms with E-state index in [1.165, 1.54) is 4.90 Å². The van der Waals surface area contributed by atoms with Gasteiger partial charge >= 0.3 is 12.0 Å². The molecule has 2 aromatic rings. The number of nitrogens with one attached hydrogen (secondary N) is 1. The maximum atomic E-state index is 13.0. The molecule has 1 N–H and O–H groups in total. The van der Waals surface area contributed by atoms with Gasteiger partial charge < -0.3 is 14.8 Å². The van der Waals surface area contributed by atoms with E-state index < -0.39 is 12.0 Å². The SMILES string of the molecule is CCOC(=O)C1=C(CN(C)Cc2ccccc2)N(C)C(=O)NC1c1ccc(OC)cc1. The van der Waals surface area contributed by atoms with Gasteiger partial charge in [0, 0.05) is 25.8 Å². The topological polar surface area (TPSA) is 71.1 Å². The number of amides is 2. The van der Waals surface area contributed by atoms with Crippen LogP contribution in [0.2, 0.25) is 0 Å². The molecule has 0 aliphatic carbocycles.